The molecule has 3 N–H and O–H groups in total. The summed E-state index contributed by atoms with van der Waals surface area (Å²) in [6, 6.07) is 20.2. The number of nitrogens with two attached hydrogens (primary N) is 1. The summed E-state index contributed by atoms with van der Waals surface area (Å²) in [5.74, 6) is 2.03. The van der Waals surface area contributed by atoms with Crippen LogP contribution < -0.4 is 20.3 Å². The summed E-state index contributed by atoms with van der Waals surface area (Å²) in [4.78, 5) is 23.8. The first-order valence-corrected chi connectivity index (χ1v) is 15.8. The number of carbonyl (C=O) groups excluding carboxylic acids is 1. The van der Waals surface area contributed by atoms with E-state index in [0.29, 0.717) is 29.2 Å². The molecule has 2 aromatic carbocycles. The Bertz CT molecular complexity index is 1650. The van der Waals surface area contributed by atoms with Crippen LogP contribution >= 0.6 is 43.5 Å². The summed E-state index contributed by atoms with van der Waals surface area (Å²) in [5.41, 5.74) is 7.93. The maximum absolute atomic E-state index is 11.1. The van der Waals surface area contributed by atoms with E-state index in [4.69, 9.17) is 27.3 Å². The molecule has 0 aliphatic rings. The quantitative estimate of drug-likeness (QED) is 0.152. The minimum atomic E-state index is -0.498. The highest BCUT2D eigenvalue weighted by Gasteiger charge is 2.13. The zero-order chi connectivity index (χ0) is 32.9. The second kappa shape index (κ2) is 17.4. The van der Waals surface area contributed by atoms with E-state index < -0.39 is 5.91 Å². The first kappa shape index (κ1) is 35.4. The van der Waals surface area contributed by atoms with Crippen molar-refractivity contribution in [2.24, 2.45) is 5.73 Å². The number of ether oxygens (including phenoxy) is 1. The van der Waals surface area contributed by atoms with Crippen molar-refractivity contribution in [3.8, 4) is 17.6 Å². The van der Waals surface area contributed by atoms with E-state index in [0.717, 1.165) is 50.5 Å². The molecule has 0 saturated carbocycles. The molecule has 2 aromatic heterocycles. The fraction of sp³-hybridized carbons (Fsp3) is 0.212. The summed E-state index contributed by atoms with van der Waals surface area (Å²) >= 11 is 12.7. The van der Waals surface area contributed by atoms with E-state index in [1.54, 1.807) is 36.5 Å². The maximum atomic E-state index is 11.1. The Hall–Kier alpha value is -4.11. The van der Waals surface area contributed by atoms with E-state index in [1.807, 2.05) is 42.2 Å². The molecule has 234 valence electrons. The summed E-state index contributed by atoms with van der Waals surface area (Å²) in [6.45, 7) is 10.6. The van der Waals surface area contributed by atoms with Gasteiger partial charge in [0.1, 0.15) is 35.8 Å². The Morgan fingerprint density at radius 2 is 1.53 bits per heavy atom. The lowest BCUT2D eigenvalue weighted by Gasteiger charge is -2.23. The zero-order valence-corrected chi connectivity index (χ0v) is 28.8. The molecule has 45 heavy (non-hydrogen) atoms. The van der Waals surface area contributed by atoms with Crippen LogP contribution in [0.15, 0.2) is 93.6 Å². The normalized spacial score (nSPS) is 10.2. The molecule has 12 heteroatoms. The minimum Gasteiger partial charge on any atom is -0.508 e. The first-order chi connectivity index (χ1) is 21.5. The average molecular weight is 757 g/mol. The van der Waals surface area contributed by atoms with Gasteiger partial charge < -0.3 is 25.4 Å². The number of amides is 1. The number of benzene rings is 2. The maximum Gasteiger partial charge on any atom is 0.250 e. The molecule has 1 amide bonds. The molecule has 0 aliphatic heterocycles. The van der Waals surface area contributed by atoms with Gasteiger partial charge in [0.05, 0.1) is 11.1 Å². The van der Waals surface area contributed by atoms with Crippen LogP contribution in [-0.4, -0.2) is 40.7 Å². The molecule has 0 bridgehead atoms. The van der Waals surface area contributed by atoms with Gasteiger partial charge in [-0.15, -0.1) is 0 Å². The molecular formula is C33H33Br2ClN6O3. The molecule has 2 heterocycles. The second-order valence-electron chi connectivity index (χ2n) is 9.65. The largest absolute Gasteiger partial charge is 0.508 e. The lowest BCUT2D eigenvalue weighted by atomic mass is 10.2. The Kier molecular flexibility index (Phi) is 13.7. The summed E-state index contributed by atoms with van der Waals surface area (Å²) in [7, 11) is 0. The summed E-state index contributed by atoms with van der Waals surface area (Å²) < 4.78 is 7.61. The SMILES string of the molecule is C=C(Cl)COc1ccc(Br)cc1CN(CC)c1ccc(C#N)cn1.CCN(Cc1cc(Br)ccc1O)c1ccc(C(N)=O)cn1. The van der Waals surface area contributed by atoms with Crippen LogP contribution in [-0.2, 0) is 13.1 Å². The lowest BCUT2D eigenvalue weighted by Crippen LogP contribution is -2.23. The Balaban J connectivity index is 0.000000248. The molecule has 0 fully saturated rings. The Morgan fingerprint density at radius 3 is 2.04 bits per heavy atom. The number of hydrogen-bond donors (Lipinski definition) is 2. The molecule has 9 nitrogen and oxygen atoms in total. The van der Waals surface area contributed by atoms with Gasteiger partial charge in [0.25, 0.3) is 0 Å². The Morgan fingerprint density at radius 1 is 0.956 bits per heavy atom. The van der Waals surface area contributed by atoms with Crippen LogP contribution in [0, 0.1) is 11.3 Å². The average Bonchev–Trinajstić information content (AvgIpc) is 3.04. The van der Waals surface area contributed by atoms with E-state index in [-0.39, 0.29) is 12.4 Å². The number of aromatic nitrogens is 2. The van der Waals surface area contributed by atoms with Crippen molar-refractivity contribution < 1.29 is 14.6 Å². The molecule has 0 spiro atoms. The summed E-state index contributed by atoms with van der Waals surface area (Å²) in [5, 5.41) is 19.3. The topological polar surface area (TPSA) is 129 Å². The van der Waals surface area contributed by atoms with E-state index in [2.05, 4.69) is 66.3 Å². The molecule has 0 radical (unpaired) electrons. The van der Waals surface area contributed by atoms with E-state index >= 15 is 0 Å². The molecular weight excluding hydrogens is 724 g/mol. The third-order valence-corrected chi connectivity index (χ3v) is 7.59. The van der Waals surface area contributed by atoms with Crippen molar-refractivity contribution in [1.82, 2.24) is 9.97 Å². The van der Waals surface area contributed by atoms with Gasteiger partial charge in [-0.05, 0) is 74.5 Å². The predicted octanol–water partition coefficient (Wildman–Crippen LogP) is 7.55. The number of nitrogens with zero attached hydrogens (tertiary/aromatic N) is 5. The van der Waals surface area contributed by atoms with Crippen LogP contribution in [0.3, 0.4) is 0 Å². The van der Waals surface area contributed by atoms with Gasteiger partial charge in [0.2, 0.25) is 5.91 Å². The van der Waals surface area contributed by atoms with Crippen molar-refractivity contribution >= 4 is 61.0 Å². The number of pyridine rings is 2. The highest BCUT2D eigenvalue weighted by Crippen LogP contribution is 2.27. The number of phenolic OH excluding ortho intramolecular Hbond substituents is 1. The molecule has 4 rings (SSSR count). The summed E-state index contributed by atoms with van der Waals surface area (Å²) in [6.07, 6.45) is 3.04. The molecule has 0 aliphatic carbocycles. The number of anilines is 2. The number of halogens is 3. The monoisotopic (exact) mass is 754 g/mol. The van der Waals surface area contributed by atoms with Gasteiger partial charge in [-0.25, -0.2) is 9.97 Å². The number of hydrogen-bond acceptors (Lipinski definition) is 8. The zero-order valence-electron chi connectivity index (χ0n) is 24.9. The third kappa shape index (κ3) is 10.8. The van der Waals surface area contributed by atoms with Crippen molar-refractivity contribution in [2.45, 2.75) is 26.9 Å². The van der Waals surface area contributed by atoms with Crippen molar-refractivity contribution in [2.75, 3.05) is 29.5 Å². The third-order valence-electron chi connectivity index (χ3n) is 6.49. The van der Waals surface area contributed by atoms with Gasteiger partial charge in [-0.2, -0.15) is 5.26 Å². The van der Waals surface area contributed by atoms with Crippen molar-refractivity contribution in [3.63, 3.8) is 0 Å². The molecule has 0 saturated heterocycles. The number of aromatic hydroxyl groups is 1. The molecule has 4 aromatic rings. The fourth-order valence-electron chi connectivity index (χ4n) is 4.13. The van der Waals surface area contributed by atoms with Gasteiger partial charge in [0, 0.05) is 63.7 Å². The standard InChI is InChI=1S/C18H17BrClN3O.C15H16BrN3O2/c1-3-23(18-7-4-14(9-21)10-22-18)11-15-8-16(19)5-6-17(15)24-12-13(2)20;1-2-19(9-11-7-12(16)4-5-13(11)20)14-6-3-10(8-18-14)15(17)21/h4-8,10H,2-3,11-12H2,1H3;3-8,20H,2,9H2,1H3,(H2,17,21). The van der Waals surface area contributed by atoms with Gasteiger partial charge in [-0.3, -0.25) is 4.79 Å². The Labute approximate surface area is 285 Å². The van der Waals surface area contributed by atoms with Crippen molar-refractivity contribution in [3.05, 3.63) is 116 Å². The first-order valence-electron chi connectivity index (χ1n) is 13.9. The minimum absolute atomic E-state index is 0.241. The number of rotatable bonds is 12. The number of phenols is 1. The van der Waals surface area contributed by atoms with Gasteiger partial charge >= 0.3 is 0 Å². The van der Waals surface area contributed by atoms with Crippen LogP contribution in [0.1, 0.15) is 40.9 Å². The number of carbonyl (C=O) groups is 1. The van der Waals surface area contributed by atoms with Crippen LogP contribution in [0.5, 0.6) is 11.5 Å². The second-order valence-corrected chi connectivity index (χ2v) is 12.0. The molecule has 0 unspecified atom stereocenters. The van der Waals surface area contributed by atoms with Crippen LogP contribution in [0.25, 0.3) is 0 Å². The van der Waals surface area contributed by atoms with Crippen LogP contribution in [0.2, 0.25) is 0 Å². The lowest BCUT2D eigenvalue weighted by molar-refractivity contribution is 0.1000. The predicted molar refractivity (Wildman–Crippen MR) is 186 cm³/mol. The fourth-order valence-corrected chi connectivity index (χ4v) is 5.00. The smallest absolute Gasteiger partial charge is 0.250 e. The number of primary amides is 1. The molecule has 0 atom stereocenters. The highest BCUT2D eigenvalue weighted by atomic mass is 79.9. The highest BCUT2D eigenvalue weighted by molar-refractivity contribution is 9.10. The van der Waals surface area contributed by atoms with E-state index in [9.17, 15) is 9.90 Å². The van der Waals surface area contributed by atoms with Gasteiger partial charge in [0.15, 0.2) is 0 Å². The van der Waals surface area contributed by atoms with Gasteiger partial charge in [-0.1, -0.05) is 50.0 Å². The van der Waals surface area contributed by atoms with Crippen molar-refractivity contribution in [1.29, 1.82) is 5.26 Å². The number of nitriles is 1. The van der Waals surface area contributed by atoms with Crippen LogP contribution in [0.4, 0.5) is 11.6 Å². The van der Waals surface area contributed by atoms with E-state index in [1.165, 1.54) is 6.20 Å².